The van der Waals surface area contributed by atoms with Crippen LogP contribution in [0, 0.1) is 10.1 Å². The number of nitro benzene ring substituents is 1. The third-order valence-corrected chi connectivity index (χ3v) is 3.88. The molecule has 136 valence electrons. The topological polar surface area (TPSA) is 93.5 Å². The molecule has 27 heavy (non-hydrogen) atoms. The number of nitrogens with one attached hydrogen (secondary N) is 2. The Morgan fingerprint density at radius 1 is 0.926 bits per heavy atom. The third-order valence-electron chi connectivity index (χ3n) is 3.88. The van der Waals surface area contributed by atoms with E-state index in [-0.39, 0.29) is 11.6 Å². The summed E-state index contributed by atoms with van der Waals surface area (Å²) in [6.45, 7) is 0. The zero-order valence-corrected chi connectivity index (χ0v) is 14.5. The molecule has 2 N–H and O–H groups in total. The second-order valence-electron chi connectivity index (χ2n) is 5.63. The average Bonchev–Trinajstić information content (AvgIpc) is 2.69. The van der Waals surface area contributed by atoms with Crippen molar-refractivity contribution in [1.29, 1.82) is 0 Å². The van der Waals surface area contributed by atoms with E-state index in [0.717, 1.165) is 0 Å². The zero-order valence-electron chi connectivity index (χ0n) is 14.5. The van der Waals surface area contributed by atoms with Crippen molar-refractivity contribution in [2.75, 3.05) is 17.7 Å². The molecule has 3 aromatic rings. The second kappa shape index (κ2) is 8.01. The average molecular weight is 363 g/mol. The van der Waals surface area contributed by atoms with Crippen molar-refractivity contribution in [3.8, 4) is 5.75 Å². The highest BCUT2D eigenvalue weighted by Gasteiger charge is 2.14. The van der Waals surface area contributed by atoms with E-state index in [2.05, 4.69) is 10.6 Å². The predicted molar refractivity (Wildman–Crippen MR) is 104 cm³/mol. The van der Waals surface area contributed by atoms with Crippen molar-refractivity contribution in [3.05, 3.63) is 88.5 Å². The SMILES string of the molecule is COc1ccccc1NC(=O)c1ccccc1Nc1ccc([N+](=O)[O-])cc1. The summed E-state index contributed by atoms with van der Waals surface area (Å²) < 4.78 is 5.25. The van der Waals surface area contributed by atoms with Crippen LogP contribution in [0.2, 0.25) is 0 Å². The van der Waals surface area contributed by atoms with Gasteiger partial charge in [-0.25, -0.2) is 0 Å². The number of para-hydroxylation sites is 3. The molecule has 3 aromatic carbocycles. The molecule has 0 heterocycles. The molecule has 0 aliphatic carbocycles. The van der Waals surface area contributed by atoms with Crippen LogP contribution in [0.1, 0.15) is 10.4 Å². The summed E-state index contributed by atoms with van der Waals surface area (Å²) in [5.74, 6) is 0.260. The molecular weight excluding hydrogens is 346 g/mol. The first kappa shape index (κ1) is 17.9. The van der Waals surface area contributed by atoms with Gasteiger partial charge in [0.2, 0.25) is 0 Å². The van der Waals surface area contributed by atoms with E-state index < -0.39 is 4.92 Å². The van der Waals surface area contributed by atoms with Crippen molar-refractivity contribution in [2.24, 2.45) is 0 Å². The Labute approximate surface area is 155 Å². The number of methoxy groups -OCH3 is 1. The number of benzene rings is 3. The molecule has 1 amide bonds. The maximum atomic E-state index is 12.7. The summed E-state index contributed by atoms with van der Waals surface area (Å²) in [7, 11) is 1.54. The highest BCUT2D eigenvalue weighted by atomic mass is 16.6. The van der Waals surface area contributed by atoms with Gasteiger partial charge in [-0.15, -0.1) is 0 Å². The number of rotatable bonds is 6. The number of nitrogens with zero attached hydrogens (tertiary/aromatic N) is 1. The number of carbonyl (C=O) groups excluding carboxylic acids is 1. The number of nitro groups is 1. The first-order valence-electron chi connectivity index (χ1n) is 8.13. The lowest BCUT2D eigenvalue weighted by Gasteiger charge is -2.13. The number of non-ortho nitro benzene ring substituents is 1. The third kappa shape index (κ3) is 4.21. The number of anilines is 3. The largest absolute Gasteiger partial charge is 0.495 e. The Hall–Kier alpha value is -3.87. The minimum absolute atomic E-state index is 0.00255. The Balaban J connectivity index is 1.83. The molecule has 0 unspecified atom stereocenters. The summed E-state index contributed by atoms with van der Waals surface area (Å²) in [4.78, 5) is 23.0. The van der Waals surface area contributed by atoms with E-state index in [9.17, 15) is 14.9 Å². The van der Waals surface area contributed by atoms with E-state index in [1.165, 1.54) is 19.2 Å². The van der Waals surface area contributed by atoms with Crippen LogP contribution in [-0.4, -0.2) is 17.9 Å². The van der Waals surface area contributed by atoms with Crippen molar-refractivity contribution in [2.45, 2.75) is 0 Å². The van der Waals surface area contributed by atoms with Gasteiger partial charge in [0.1, 0.15) is 5.75 Å². The Bertz CT molecular complexity index is 971. The molecule has 3 rings (SSSR count). The van der Waals surface area contributed by atoms with Crippen LogP contribution in [-0.2, 0) is 0 Å². The van der Waals surface area contributed by atoms with Crippen LogP contribution >= 0.6 is 0 Å². The molecule has 0 fully saturated rings. The van der Waals surface area contributed by atoms with Crippen molar-refractivity contribution >= 4 is 28.7 Å². The molecule has 0 spiro atoms. The first-order valence-corrected chi connectivity index (χ1v) is 8.13. The van der Waals surface area contributed by atoms with Gasteiger partial charge < -0.3 is 15.4 Å². The lowest BCUT2D eigenvalue weighted by molar-refractivity contribution is -0.384. The number of amides is 1. The Morgan fingerprint density at radius 2 is 1.56 bits per heavy atom. The van der Waals surface area contributed by atoms with E-state index in [1.54, 1.807) is 54.6 Å². The van der Waals surface area contributed by atoms with E-state index in [1.807, 2.05) is 6.07 Å². The van der Waals surface area contributed by atoms with Gasteiger partial charge >= 0.3 is 0 Å². The molecule has 0 atom stereocenters. The van der Waals surface area contributed by atoms with Crippen molar-refractivity contribution < 1.29 is 14.5 Å². The number of ether oxygens (including phenoxy) is 1. The first-order chi connectivity index (χ1) is 13.1. The molecule has 0 saturated heterocycles. The normalized spacial score (nSPS) is 10.1. The summed E-state index contributed by atoms with van der Waals surface area (Å²) in [6, 6.07) is 20.1. The summed E-state index contributed by atoms with van der Waals surface area (Å²) in [6.07, 6.45) is 0. The predicted octanol–water partition coefficient (Wildman–Crippen LogP) is 4.60. The molecule has 0 aliphatic heterocycles. The van der Waals surface area contributed by atoms with Crippen LogP contribution in [0.25, 0.3) is 0 Å². The fourth-order valence-corrected chi connectivity index (χ4v) is 2.55. The summed E-state index contributed by atoms with van der Waals surface area (Å²) in [5, 5.41) is 16.7. The summed E-state index contributed by atoms with van der Waals surface area (Å²) >= 11 is 0. The maximum absolute atomic E-state index is 12.7. The van der Waals surface area contributed by atoms with Crippen molar-refractivity contribution in [3.63, 3.8) is 0 Å². The summed E-state index contributed by atoms with van der Waals surface area (Å²) in [5.41, 5.74) is 2.22. The lowest BCUT2D eigenvalue weighted by atomic mass is 10.1. The van der Waals surface area contributed by atoms with Gasteiger partial charge in [0.15, 0.2) is 0 Å². The molecule has 7 nitrogen and oxygen atoms in total. The monoisotopic (exact) mass is 363 g/mol. The van der Waals surface area contributed by atoms with Gasteiger partial charge in [-0.3, -0.25) is 14.9 Å². The van der Waals surface area contributed by atoms with E-state index >= 15 is 0 Å². The highest BCUT2D eigenvalue weighted by molar-refractivity contribution is 6.09. The molecule has 0 aliphatic rings. The lowest BCUT2D eigenvalue weighted by Crippen LogP contribution is -2.14. The van der Waals surface area contributed by atoms with Gasteiger partial charge in [-0.05, 0) is 36.4 Å². The van der Waals surface area contributed by atoms with Crippen molar-refractivity contribution in [1.82, 2.24) is 0 Å². The molecule has 0 radical (unpaired) electrons. The molecule has 0 aromatic heterocycles. The number of hydrogen-bond donors (Lipinski definition) is 2. The standard InChI is InChI=1S/C20H17N3O4/c1-27-19-9-5-4-8-18(19)22-20(24)16-6-2-3-7-17(16)21-14-10-12-15(13-11-14)23(25)26/h2-13,21H,1H3,(H,22,24). The van der Waals surface area contributed by atoms with Crippen LogP contribution in [0.3, 0.4) is 0 Å². The van der Waals surface area contributed by atoms with Gasteiger partial charge in [0, 0.05) is 17.8 Å². The van der Waals surface area contributed by atoms with E-state index in [0.29, 0.717) is 28.4 Å². The quantitative estimate of drug-likeness (QED) is 0.493. The fraction of sp³-hybridized carbons (Fsp3) is 0.0500. The minimum Gasteiger partial charge on any atom is -0.495 e. The molecule has 0 saturated carbocycles. The maximum Gasteiger partial charge on any atom is 0.269 e. The zero-order chi connectivity index (χ0) is 19.2. The number of hydrogen-bond acceptors (Lipinski definition) is 5. The van der Waals surface area contributed by atoms with Crippen LogP contribution in [0.4, 0.5) is 22.7 Å². The smallest absolute Gasteiger partial charge is 0.269 e. The minimum atomic E-state index is -0.460. The van der Waals surface area contributed by atoms with Gasteiger partial charge in [0.25, 0.3) is 11.6 Å². The van der Waals surface area contributed by atoms with Crippen LogP contribution in [0.15, 0.2) is 72.8 Å². The van der Waals surface area contributed by atoms with Crippen LogP contribution in [0.5, 0.6) is 5.75 Å². The fourth-order valence-electron chi connectivity index (χ4n) is 2.55. The molecule has 0 bridgehead atoms. The number of carbonyl (C=O) groups is 1. The Morgan fingerprint density at radius 3 is 2.22 bits per heavy atom. The Kier molecular flexibility index (Phi) is 5.32. The molecular formula is C20H17N3O4. The van der Waals surface area contributed by atoms with Gasteiger partial charge in [-0.2, -0.15) is 0 Å². The van der Waals surface area contributed by atoms with Gasteiger partial charge in [0.05, 0.1) is 29.0 Å². The highest BCUT2D eigenvalue weighted by Crippen LogP contribution is 2.26. The molecule has 7 heteroatoms. The van der Waals surface area contributed by atoms with Gasteiger partial charge in [-0.1, -0.05) is 24.3 Å². The van der Waals surface area contributed by atoms with E-state index in [4.69, 9.17) is 4.74 Å². The van der Waals surface area contributed by atoms with Crippen LogP contribution < -0.4 is 15.4 Å². The second-order valence-corrected chi connectivity index (χ2v) is 5.63.